The first-order valence-corrected chi connectivity index (χ1v) is 7.14. The lowest BCUT2D eigenvalue weighted by Gasteiger charge is -2.14. The highest BCUT2D eigenvalue weighted by Crippen LogP contribution is 2.21. The quantitative estimate of drug-likeness (QED) is 0.717. The molecule has 21 heavy (non-hydrogen) atoms. The predicted octanol–water partition coefficient (Wildman–Crippen LogP) is 2.53. The molecule has 0 spiro atoms. The molecule has 1 amide bonds. The fourth-order valence-electron chi connectivity index (χ4n) is 1.77. The van der Waals surface area contributed by atoms with Gasteiger partial charge in [-0.05, 0) is 30.5 Å². The van der Waals surface area contributed by atoms with Gasteiger partial charge in [-0.25, -0.2) is 4.79 Å². The van der Waals surface area contributed by atoms with E-state index >= 15 is 0 Å². The standard InChI is InChI=1S/C14H17Cl2NO4/c1-21-6-2-3-12(14(19)20)17-13(18)7-9-4-5-10(15)8-11(9)16/h4-5,8,12H,2-3,6-7H2,1H3,(H,17,18)(H,19,20). The highest BCUT2D eigenvalue weighted by atomic mass is 35.5. The largest absolute Gasteiger partial charge is 0.480 e. The maximum absolute atomic E-state index is 11.9. The molecule has 1 unspecified atom stereocenters. The zero-order chi connectivity index (χ0) is 15.8. The summed E-state index contributed by atoms with van der Waals surface area (Å²) in [5.74, 6) is -1.47. The van der Waals surface area contributed by atoms with Gasteiger partial charge in [0.2, 0.25) is 5.91 Å². The number of carbonyl (C=O) groups excluding carboxylic acids is 1. The van der Waals surface area contributed by atoms with Crippen LogP contribution in [0.1, 0.15) is 18.4 Å². The third kappa shape index (κ3) is 6.33. The first kappa shape index (κ1) is 17.8. The van der Waals surface area contributed by atoms with Gasteiger partial charge in [-0.3, -0.25) is 4.79 Å². The Morgan fingerprint density at radius 2 is 2.10 bits per heavy atom. The highest BCUT2D eigenvalue weighted by Gasteiger charge is 2.20. The zero-order valence-electron chi connectivity index (χ0n) is 11.6. The lowest BCUT2D eigenvalue weighted by Crippen LogP contribution is -2.41. The molecule has 5 nitrogen and oxygen atoms in total. The zero-order valence-corrected chi connectivity index (χ0v) is 13.1. The molecule has 1 aromatic rings. The van der Waals surface area contributed by atoms with Gasteiger partial charge in [-0.2, -0.15) is 0 Å². The van der Waals surface area contributed by atoms with Crippen LogP contribution in [0.15, 0.2) is 18.2 Å². The van der Waals surface area contributed by atoms with Crippen LogP contribution in [0.5, 0.6) is 0 Å². The summed E-state index contributed by atoms with van der Waals surface area (Å²) in [6, 6.07) is 3.88. The van der Waals surface area contributed by atoms with Crippen molar-refractivity contribution >= 4 is 35.1 Å². The number of carboxylic acid groups (broad SMARTS) is 1. The van der Waals surface area contributed by atoms with Gasteiger partial charge in [0.1, 0.15) is 6.04 Å². The van der Waals surface area contributed by atoms with Crippen LogP contribution in [0, 0.1) is 0 Å². The number of aliphatic carboxylic acids is 1. The molecule has 0 fully saturated rings. The second kappa shape index (κ2) is 8.87. The second-order valence-electron chi connectivity index (χ2n) is 4.51. The number of hydrogen-bond donors (Lipinski definition) is 2. The van der Waals surface area contributed by atoms with Crippen molar-refractivity contribution in [2.75, 3.05) is 13.7 Å². The number of hydrogen-bond acceptors (Lipinski definition) is 3. The summed E-state index contributed by atoms with van der Waals surface area (Å²) in [6.45, 7) is 0.447. The lowest BCUT2D eigenvalue weighted by molar-refractivity contribution is -0.142. The van der Waals surface area contributed by atoms with Gasteiger partial charge in [-0.15, -0.1) is 0 Å². The number of halogens is 2. The second-order valence-corrected chi connectivity index (χ2v) is 5.35. The molecule has 0 bridgehead atoms. The first-order chi connectivity index (χ1) is 9.93. The Morgan fingerprint density at radius 3 is 2.67 bits per heavy atom. The molecule has 0 saturated carbocycles. The number of methoxy groups -OCH3 is 1. The molecule has 0 aliphatic rings. The molecule has 0 radical (unpaired) electrons. The lowest BCUT2D eigenvalue weighted by atomic mass is 10.1. The van der Waals surface area contributed by atoms with E-state index in [1.54, 1.807) is 18.2 Å². The Bertz CT molecular complexity index is 508. The Hall–Kier alpha value is -1.30. The number of rotatable bonds is 8. The smallest absolute Gasteiger partial charge is 0.326 e. The van der Waals surface area contributed by atoms with Crippen molar-refractivity contribution in [2.45, 2.75) is 25.3 Å². The van der Waals surface area contributed by atoms with Crippen LogP contribution in [0.3, 0.4) is 0 Å². The topological polar surface area (TPSA) is 75.6 Å². The van der Waals surface area contributed by atoms with E-state index in [0.717, 1.165) is 0 Å². The number of ether oxygens (including phenoxy) is 1. The molecule has 7 heteroatoms. The van der Waals surface area contributed by atoms with Crippen molar-refractivity contribution in [1.29, 1.82) is 0 Å². The molecule has 116 valence electrons. The van der Waals surface area contributed by atoms with E-state index in [4.69, 9.17) is 33.0 Å². The summed E-state index contributed by atoms with van der Waals surface area (Å²) < 4.78 is 4.86. The van der Waals surface area contributed by atoms with Crippen molar-refractivity contribution < 1.29 is 19.4 Å². The van der Waals surface area contributed by atoms with Gasteiger partial charge in [-0.1, -0.05) is 29.3 Å². The summed E-state index contributed by atoms with van der Waals surface area (Å²) in [5.41, 5.74) is 0.597. The number of carbonyl (C=O) groups is 2. The molecule has 2 N–H and O–H groups in total. The van der Waals surface area contributed by atoms with E-state index in [2.05, 4.69) is 5.32 Å². The summed E-state index contributed by atoms with van der Waals surface area (Å²) >= 11 is 11.8. The summed E-state index contributed by atoms with van der Waals surface area (Å²) in [6.07, 6.45) is 0.864. The Balaban J connectivity index is 2.59. The monoisotopic (exact) mass is 333 g/mol. The molecule has 0 aromatic heterocycles. The molecule has 1 aromatic carbocycles. The average Bonchev–Trinajstić information content (AvgIpc) is 2.41. The van der Waals surface area contributed by atoms with E-state index in [-0.39, 0.29) is 6.42 Å². The normalized spacial score (nSPS) is 12.0. The fraction of sp³-hybridized carbons (Fsp3) is 0.429. The minimum atomic E-state index is -1.07. The van der Waals surface area contributed by atoms with Crippen molar-refractivity contribution in [3.8, 4) is 0 Å². The van der Waals surface area contributed by atoms with Crippen LogP contribution in [-0.2, 0) is 20.7 Å². The van der Waals surface area contributed by atoms with Crippen molar-refractivity contribution in [1.82, 2.24) is 5.32 Å². The number of benzene rings is 1. The molecular formula is C14H17Cl2NO4. The minimum Gasteiger partial charge on any atom is -0.480 e. The Kier molecular flexibility index (Phi) is 7.50. The molecule has 1 rings (SSSR count). The molecular weight excluding hydrogens is 317 g/mol. The third-order valence-corrected chi connectivity index (χ3v) is 3.43. The van der Waals surface area contributed by atoms with Crippen LogP contribution in [0.25, 0.3) is 0 Å². The summed E-state index contributed by atoms with van der Waals surface area (Å²) in [7, 11) is 1.54. The van der Waals surface area contributed by atoms with Gasteiger partial charge in [0.25, 0.3) is 0 Å². The van der Waals surface area contributed by atoms with Crippen molar-refractivity contribution in [3.05, 3.63) is 33.8 Å². The van der Waals surface area contributed by atoms with Crippen LogP contribution in [0.4, 0.5) is 0 Å². The van der Waals surface area contributed by atoms with Gasteiger partial charge >= 0.3 is 5.97 Å². The van der Waals surface area contributed by atoms with E-state index in [1.807, 2.05) is 0 Å². The van der Waals surface area contributed by atoms with Gasteiger partial charge < -0.3 is 15.2 Å². The van der Waals surface area contributed by atoms with Crippen LogP contribution in [0.2, 0.25) is 10.0 Å². The van der Waals surface area contributed by atoms with E-state index in [0.29, 0.717) is 35.1 Å². The first-order valence-electron chi connectivity index (χ1n) is 6.39. The highest BCUT2D eigenvalue weighted by molar-refractivity contribution is 6.35. The van der Waals surface area contributed by atoms with Gasteiger partial charge in [0.15, 0.2) is 0 Å². The Morgan fingerprint density at radius 1 is 1.38 bits per heavy atom. The van der Waals surface area contributed by atoms with Crippen LogP contribution < -0.4 is 5.32 Å². The molecule has 1 atom stereocenters. The molecule has 0 aliphatic carbocycles. The van der Waals surface area contributed by atoms with Gasteiger partial charge in [0.05, 0.1) is 6.42 Å². The van der Waals surface area contributed by atoms with E-state index in [1.165, 1.54) is 7.11 Å². The summed E-state index contributed by atoms with van der Waals surface area (Å²) in [5, 5.41) is 12.4. The molecule has 0 aliphatic heterocycles. The maximum Gasteiger partial charge on any atom is 0.326 e. The van der Waals surface area contributed by atoms with Gasteiger partial charge in [0, 0.05) is 23.8 Å². The summed E-state index contributed by atoms with van der Waals surface area (Å²) in [4.78, 5) is 23.0. The fourth-order valence-corrected chi connectivity index (χ4v) is 2.25. The molecule has 0 saturated heterocycles. The van der Waals surface area contributed by atoms with E-state index in [9.17, 15) is 9.59 Å². The number of nitrogens with one attached hydrogen (secondary N) is 1. The minimum absolute atomic E-state index is 0.00403. The number of carboxylic acids is 1. The molecule has 0 heterocycles. The SMILES string of the molecule is COCCCC(NC(=O)Cc1ccc(Cl)cc1Cl)C(=O)O. The van der Waals surface area contributed by atoms with Crippen molar-refractivity contribution in [2.24, 2.45) is 0 Å². The van der Waals surface area contributed by atoms with E-state index < -0.39 is 17.9 Å². The third-order valence-electron chi connectivity index (χ3n) is 2.84. The van der Waals surface area contributed by atoms with Crippen molar-refractivity contribution in [3.63, 3.8) is 0 Å². The Labute approximate surface area is 133 Å². The number of amides is 1. The average molecular weight is 334 g/mol. The van der Waals surface area contributed by atoms with Crippen LogP contribution >= 0.6 is 23.2 Å². The predicted molar refractivity (Wildman–Crippen MR) is 80.8 cm³/mol. The maximum atomic E-state index is 11.9. The van der Waals surface area contributed by atoms with Crippen LogP contribution in [-0.4, -0.2) is 36.7 Å².